The molecule has 98 valence electrons. The summed E-state index contributed by atoms with van der Waals surface area (Å²) >= 11 is 0. The lowest BCUT2D eigenvalue weighted by molar-refractivity contribution is 1.03. The molecule has 0 saturated heterocycles. The first-order chi connectivity index (χ1) is 9.84. The number of anilines is 4. The fraction of sp³-hybridized carbons (Fsp3) is 0. The van der Waals surface area contributed by atoms with E-state index in [1.165, 1.54) is 19.0 Å². The average Bonchev–Trinajstić information content (AvgIpc) is 2.50. The van der Waals surface area contributed by atoms with Crippen LogP contribution in [0.15, 0.2) is 49.6 Å². The highest BCUT2D eigenvalue weighted by Gasteiger charge is 2.16. The van der Waals surface area contributed by atoms with Crippen LogP contribution in [0.3, 0.4) is 0 Å². The lowest BCUT2D eigenvalue weighted by Gasteiger charge is -2.20. The van der Waals surface area contributed by atoms with Crippen LogP contribution in [0.2, 0.25) is 0 Å². The molecule has 0 amide bonds. The van der Waals surface area contributed by atoms with Crippen LogP contribution >= 0.6 is 0 Å². The number of rotatable bonds is 3. The molecular formula is C12H10N8. The fourth-order valence-corrected chi connectivity index (χ4v) is 1.67. The first kappa shape index (κ1) is 11.9. The first-order valence-electron chi connectivity index (χ1n) is 5.74. The van der Waals surface area contributed by atoms with Gasteiger partial charge >= 0.3 is 0 Å². The molecule has 0 aliphatic carbocycles. The molecule has 0 bridgehead atoms. The lowest BCUT2D eigenvalue weighted by atomic mass is 10.4. The van der Waals surface area contributed by atoms with Crippen molar-refractivity contribution in [2.75, 3.05) is 10.6 Å². The molecule has 8 nitrogen and oxygen atoms in total. The number of nitrogen functional groups attached to an aromatic ring is 1. The summed E-state index contributed by atoms with van der Waals surface area (Å²) in [5.74, 6) is 2.17. The minimum Gasteiger partial charge on any atom is -0.384 e. The maximum Gasteiger partial charge on any atom is 0.145 e. The van der Waals surface area contributed by atoms with Gasteiger partial charge in [-0.2, -0.15) is 0 Å². The van der Waals surface area contributed by atoms with Crippen molar-refractivity contribution in [3.8, 4) is 0 Å². The van der Waals surface area contributed by atoms with Crippen molar-refractivity contribution >= 4 is 23.3 Å². The van der Waals surface area contributed by atoms with Crippen LogP contribution in [0, 0.1) is 0 Å². The van der Waals surface area contributed by atoms with Crippen molar-refractivity contribution in [1.82, 2.24) is 29.9 Å². The highest BCUT2D eigenvalue weighted by Crippen LogP contribution is 2.29. The van der Waals surface area contributed by atoms with Crippen LogP contribution in [-0.4, -0.2) is 29.9 Å². The molecule has 3 heterocycles. The van der Waals surface area contributed by atoms with E-state index in [1.807, 2.05) is 0 Å². The first-order valence-corrected chi connectivity index (χ1v) is 5.74. The van der Waals surface area contributed by atoms with Crippen LogP contribution in [0.4, 0.5) is 23.3 Å². The van der Waals surface area contributed by atoms with Gasteiger partial charge in [0.2, 0.25) is 0 Å². The highest BCUT2D eigenvalue weighted by atomic mass is 15.3. The fourth-order valence-electron chi connectivity index (χ4n) is 1.67. The number of aromatic nitrogens is 6. The lowest BCUT2D eigenvalue weighted by Crippen LogP contribution is -2.15. The van der Waals surface area contributed by atoms with E-state index >= 15 is 0 Å². The van der Waals surface area contributed by atoms with E-state index in [2.05, 4.69) is 29.9 Å². The van der Waals surface area contributed by atoms with Crippen molar-refractivity contribution in [3.05, 3.63) is 49.6 Å². The Hall–Kier alpha value is -3.16. The van der Waals surface area contributed by atoms with E-state index in [0.717, 1.165) is 0 Å². The summed E-state index contributed by atoms with van der Waals surface area (Å²) in [6.45, 7) is 0. The number of nitrogens with two attached hydrogens (primary N) is 1. The molecule has 0 fully saturated rings. The Kier molecular flexibility index (Phi) is 3.11. The molecule has 2 N–H and O–H groups in total. The molecule has 3 aromatic heterocycles. The summed E-state index contributed by atoms with van der Waals surface area (Å²) in [4.78, 5) is 26.1. The smallest absolute Gasteiger partial charge is 0.145 e. The topological polar surface area (TPSA) is 107 Å². The predicted molar refractivity (Wildman–Crippen MR) is 72.3 cm³/mol. The molecule has 3 rings (SSSR count). The van der Waals surface area contributed by atoms with Gasteiger partial charge in [-0.15, -0.1) is 0 Å². The Morgan fingerprint density at radius 2 is 1.35 bits per heavy atom. The molecular weight excluding hydrogens is 256 g/mol. The number of hydrogen-bond acceptors (Lipinski definition) is 8. The predicted octanol–water partition coefficient (Wildman–Crippen LogP) is 1.11. The second-order valence-corrected chi connectivity index (χ2v) is 3.77. The zero-order valence-electron chi connectivity index (χ0n) is 10.3. The van der Waals surface area contributed by atoms with E-state index in [4.69, 9.17) is 5.73 Å². The minimum atomic E-state index is 0.364. The largest absolute Gasteiger partial charge is 0.384 e. The average molecular weight is 266 g/mol. The van der Waals surface area contributed by atoms with Crippen LogP contribution < -0.4 is 10.6 Å². The molecule has 20 heavy (non-hydrogen) atoms. The van der Waals surface area contributed by atoms with Gasteiger partial charge in [0.15, 0.2) is 0 Å². The third-order valence-corrected chi connectivity index (χ3v) is 2.49. The summed E-state index contributed by atoms with van der Waals surface area (Å²) in [5.41, 5.74) is 5.71. The molecule has 0 unspecified atom stereocenters. The molecule has 0 atom stereocenters. The Labute approximate surface area is 114 Å². The summed E-state index contributed by atoms with van der Waals surface area (Å²) in [6, 6.07) is 5.14. The molecule has 0 spiro atoms. The quantitative estimate of drug-likeness (QED) is 0.751. The van der Waals surface area contributed by atoms with Crippen LogP contribution in [-0.2, 0) is 0 Å². The Morgan fingerprint density at radius 1 is 0.750 bits per heavy atom. The summed E-state index contributed by atoms with van der Waals surface area (Å²) in [6.07, 6.45) is 7.57. The zero-order chi connectivity index (χ0) is 13.8. The second-order valence-electron chi connectivity index (χ2n) is 3.77. The normalized spacial score (nSPS) is 10.2. The van der Waals surface area contributed by atoms with Gasteiger partial charge in [-0.3, -0.25) is 4.90 Å². The summed E-state index contributed by atoms with van der Waals surface area (Å²) < 4.78 is 0. The number of nitrogens with zero attached hydrogens (tertiary/aromatic N) is 7. The standard InChI is InChI=1S/C12H10N8/c13-9-5-12(19-8-16-9)20(10-1-3-14-6-17-10)11-2-4-15-7-18-11/h1-8H,(H2,13,16,19). The second kappa shape index (κ2) is 5.22. The van der Waals surface area contributed by atoms with Gasteiger partial charge in [-0.1, -0.05) is 0 Å². The van der Waals surface area contributed by atoms with Crippen LogP contribution in [0.1, 0.15) is 0 Å². The maximum atomic E-state index is 5.71. The highest BCUT2D eigenvalue weighted by molar-refractivity contribution is 5.69. The Bertz CT molecular complexity index is 649. The van der Waals surface area contributed by atoms with Crippen molar-refractivity contribution in [3.63, 3.8) is 0 Å². The maximum absolute atomic E-state index is 5.71. The minimum absolute atomic E-state index is 0.364. The van der Waals surface area contributed by atoms with Crippen molar-refractivity contribution in [2.45, 2.75) is 0 Å². The van der Waals surface area contributed by atoms with Gasteiger partial charge in [0.1, 0.15) is 42.3 Å². The molecule has 3 aromatic rings. The van der Waals surface area contributed by atoms with Crippen molar-refractivity contribution in [1.29, 1.82) is 0 Å². The molecule has 0 saturated carbocycles. The van der Waals surface area contributed by atoms with E-state index in [-0.39, 0.29) is 0 Å². The molecule has 0 aliphatic rings. The van der Waals surface area contributed by atoms with Crippen LogP contribution in [0.5, 0.6) is 0 Å². The number of hydrogen-bond donors (Lipinski definition) is 1. The molecule has 0 aromatic carbocycles. The molecule has 0 radical (unpaired) electrons. The van der Waals surface area contributed by atoms with Crippen molar-refractivity contribution < 1.29 is 0 Å². The van der Waals surface area contributed by atoms with Gasteiger partial charge in [0.05, 0.1) is 0 Å². The SMILES string of the molecule is Nc1cc(N(c2ccncn2)c2ccncn2)ncn1. The van der Waals surface area contributed by atoms with Gasteiger partial charge in [-0.25, -0.2) is 29.9 Å². The summed E-state index contributed by atoms with van der Waals surface area (Å²) in [5, 5.41) is 0. The van der Waals surface area contributed by atoms with E-state index in [0.29, 0.717) is 23.3 Å². The van der Waals surface area contributed by atoms with E-state index in [1.54, 1.807) is 35.5 Å². The van der Waals surface area contributed by atoms with E-state index in [9.17, 15) is 0 Å². The molecule has 8 heteroatoms. The van der Waals surface area contributed by atoms with Crippen LogP contribution in [0.25, 0.3) is 0 Å². The third kappa shape index (κ3) is 2.34. The van der Waals surface area contributed by atoms with E-state index < -0.39 is 0 Å². The van der Waals surface area contributed by atoms with Gasteiger partial charge < -0.3 is 5.73 Å². The third-order valence-electron chi connectivity index (χ3n) is 2.49. The summed E-state index contributed by atoms with van der Waals surface area (Å²) in [7, 11) is 0. The van der Waals surface area contributed by atoms with Crippen molar-refractivity contribution in [2.24, 2.45) is 0 Å². The Morgan fingerprint density at radius 3 is 1.85 bits per heavy atom. The molecule has 0 aliphatic heterocycles. The Balaban J connectivity index is 2.14. The van der Waals surface area contributed by atoms with Gasteiger partial charge in [0, 0.05) is 18.5 Å². The monoisotopic (exact) mass is 266 g/mol. The van der Waals surface area contributed by atoms with Gasteiger partial charge in [-0.05, 0) is 12.1 Å². The van der Waals surface area contributed by atoms with Gasteiger partial charge in [0.25, 0.3) is 0 Å². The zero-order valence-corrected chi connectivity index (χ0v) is 10.3.